The average molecular weight is 1490 g/mol. The summed E-state index contributed by atoms with van der Waals surface area (Å²) in [5.74, 6) is -3.15. The molecular weight excluding hydrogens is 1400 g/mol. The number of thiazole rings is 1. The first-order valence-electron chi connectivity index (χ1n) is 33.8. The van der Waals surface area contributed by atoms with E-state index in [1.165, 1.54) is 61.7 Å². The first kappa shape index (κ1) is 76.3. The van der Waals surface area contributed by atoms with Gasteiger partial charge in [-0.2, -0.15) is 13.2 Å². The number of rotatable bonds is 24. The molecule has 5 aromatic carbocycles. The number of sulfonamides is 1. The van der Waals surface area contributed by atoms with Crippen LogP contribution in [-0.2, 0) is 39.0 Å². The van der Waals surface area contributed by atoms with E-state index in [0.717, 1.165) is 83.3 Å². The summed E-state index contributed by atoms with van der Waals surface area (Å²) in [6.07, 6.45) is 1.69. The lowest BCUT2D eigenvalue weighted by Gasteiger charge is -2.39. The van der Waals surface area contributed by atoms with Gasteiger partial charge in [0.1, 0.15) is 23.4 Å². The highest BCUT2D eigenvalue weighted by molar-refractivity contribution is 7.99. The second-order valence-electron chi connectivity index (χ2n) is 28.3. The number of amides is 5. The predicted octanol–water partition coefficient (Wildman–Crippen LogP) is 10.8. The number of benzene rings is 5. The predicted molar refractivity (Wildman–Crippen MR) is 389 cm³/mol. The number of aryl methyl sites for hydroxylation is 1. The zero-order valence-corrected chi connectivity index (χ0v) is 61.7. The monoisotopic (exact) mass is 1480 g/mol. The van der Waals surface area contributed by atoms with Crippen molar-refractivity contribution in [1.82, 2.24) is 39.9 Å². The molecule has 0 spiro atoms. The summed E-state index contributed by atoms with van der Waals surface area (Å²) in [5.41, 5.74) is 2.17. The molecular formula is C73H88ClF3N10O10S4. The highest BCUT2D eigenvalue weighted by Gasteiger charge is 2.49. The Morgan fingerprint density at radius 3 is 2.10 bits per heavy atom. The number of sulfone groups is 1. The van der Waals surface area contributed by atoms with Crippen LogP contribution in [0, 0.1) is 17.8 Å². The van der Waals surface area contributed by atoms with Crippen LogP contribution in [0.4, 0.5) is 24.5 Å². The molecule has 3 fully saturated rings. The van der Waals surface area contributed by atoms with Crippen LogP contribution in [0.3, 0.4) is 0 Å². The van der Waals surface area contributed by atoms with Crippen LogP contribution < -0.4 is 25.6 Å². The van der Waals surface area contributed by atoms with Crippen molar-refractivity contribution in [2.24, 2.45) is 10.8 Å². The Kier molecular flexibility index (Phi) is 24.2. The van der Waals surface area contributed by atoms with Crippen LogP contribution in [-0.4, -0.2) is 184 Å². The first-order chi connectivity index (χ1) is 47.7. The van der Waals surface area contributed by atoms with E-state index in [1.54, 1.807) is 38.4 Å². The highest BCUT2D eigenvalue weighted by atomic mass is 35.5. The van der Waals surface area contributed by atoms with Gasteiger partial charge in [0.15, 0.2) is 0 Å². The number of aromatic nitrogens is 1. The van der Waals surface area contributed by atoms with Crippen LogP contribution in [0.25, 0.3) is 16.0 Å². The zero-order chi connectivity index (χ0) is 72.8. The lowest BCUT2D eigenvalue weighted by atomic mass is 9.73. The van der Waals surface area contributed by atoms with E-state index in [0.29, 0.717) is 43.8 Å². The first-order valence-corrected chi connectivity index (χ1v) is 39.0. The Labute approximate surface area is 602 Å². The molecule has 0 radical (unpaired) electrons. The van der Waals surface area contributed by atoms with Gasteiger partial charge in [-0.3, -0.25) is 33.8 Å². The average Bonchev–Trinajstić information content (AvgIpc) is 1.56. The molecule has 4 heterocycles. The van der Waals surface area contributed by atoms with Gasteiger partial charge in [-0.25, -0.2) is 26.5 Å². The topological polar surface area (TPSA) is 251 Å². The fourth-order valence-corrected chi connectivity index (χ4v) is 17.3. The molecule has 101 heavy (non-hydrogen) atoms. The molecule has 5 atom stereocenters. The van der Waals surface area contributed by atoms with E-state index in [-0.39, 0.29) is 49.2 Å². The number of aliphatic hydroxyl groups is 1. The molecule has 5 N–H and O–H groups in total. The lowest BCUT2D eigenvalue weighted by molar-refractivity contribution is -0.145. The maximum atomic E-state index is 14.6. The number of anilines is 2. The standard InChI is InChI=1S/C73H88ClF3N10O10S4/c1-47(49-13-15-51(16-14-49)66-48(2)78-46-99-66)79-69(92)62-39-57(88)44-87(62)70(93)67(71(3,4)5)81-64(89)41-65(90)86-37-31-83(32-38-86)30-28-55(45-98-58-11-9-8-10-12-58)80-61-26-25-59(40-63(61)100(94,95)73(75,76)77)101(96,97)82-68(91)52-19-23-56(24-20-52)85-35-33-84(34-36-85)43-53-42-72(6,7)29-27-60(53)50-17-21-54(74)22-18-50/h8-26,40,46-47,55,57,62,67,80,88H,27-39,41-45H2,1-7H3,(H,79,92)(H,81,89)(H,82,91)/t47-,55+,57+,62-,67+/m0/s1. The smallest absolute Gasteiger partial charge is 0.391 e. The van der Waals surface area contributed by atoms with Crippen molar-refractivity contribution < 1.29 is 59.1 Å². The number of β-amino-alcohol motifs (C(OH)–C–C–N with tert-alkyl or cyclic N) is 1. The number of alkyl halides is 3. The molecule has 28 heteroatoms. The maximum Gasteiger partial charge on any atom is 0.501 e. The minimum atomic E-state index is -6.22. The summed E-state index contributed by atoms with van der Waals surface area (Å²) in [5, 5.41) is 20.2. The van der Waals surface area contributed by atoms with Gasteiger partial charge in [-0.15, -0.1) is 23.1 Å². The minimum Gasteiger partial charge on any atom is -0.391 e. The van der Waals surface area contributed by atoms with Crippen molar-refractivity contribution in [3.05, 3.63) is 160 Å². The normalized spacial score (nSPS) is 19.0. The molecule has 5 amide bonds. The molecule has 542 valence electrons. The molecule has 1 aliphatic carbocycles. The van der Waals surface area contributed by atoms with Crippen LogP contribution in [0.1, 0.15) is 113 Å². The number of nitrogens with one attached hydrogen (secondary N) is 4. The van der Waals surface area contributed by atoms with E-state index in [4.69, 9.17) is 11.6 Å². The Bertz CT molecular complexity index is 4220. The van der Waals surface area contributed by atoms with Crippen LogP contribution in [0.5, 0.6) is 0 Å². The lowest BCUT2D eigenvalue weighted by Crippen LogP contribution is -2.58. The van der Waals surface area contributed by atoms with Crippen molar-refractivity contribution in [1.29, 1.82) is 0 Å². The third-order valence-electron chi connectivity index (χ3n) is 19.2. The Morgan fingerprint density at radius 2 is 1.47 bits per heavy atom. The molecule has 1 aromatic heterocycles. The Hall–Kier alpha value is -7.37. The van der Waals surface area contributed by atoms with Gasteiger partial charge >= 0.3 is 5.51 Å². The van der Waals surface area contributed by atoms with Gasteiger partial charge in [-0.05, 0) is 139 Å². The van der Waals surface area contributed by atoms with Gasteiger partial charge < -0.3 is 35.8 Å². The number of likely N-dealkylation sites (tertiary alicyclic amines) is 1. The van der Waals surface area contributed by atoms with Crippen LogP contribution in [0.2, 0.25) is 5.02 Å². The van der Waals surface area contributed by atoms with Gasteiger partial charge in [0.05, 0.1) is 38.8 Å². The van der Waals surface area contributed by atoms with E-state index in [9.17, 15) is 59.1 Å². The molecule has 3 aliphatic heterocycles. The number of hydrogen-bond donors (Lipinski definition) is 5. The second kappa shape index (κ2) is 32.1. The summed E-state index contributed by atoms with van der Waals surface area (Å²) >= 11 is 9.11. The molecule has 10 rings (SSSR count). The largest absolute Gasteiger partial charge is 0.501 e. The number of thioether (sulfide) groups is 1. The molecule has 4 aliphatic rings. The molecule has 6 aromatic rings. The number of carbonyl (C=O) groups excluding carboxylic acids is 5. The van der Waals surface area contributed by atoms with Crippen molar-refractivity contribution in [3.63, 3.8) is 0 Å². The molecule has 0 saturated carbocycles. The number of halogens is 4. The van der Waals surface area contributed by atoms with Crippen molar-refractivity contribution >= 4 is 101 Å². The molecule has 0 unspecified atom stereocenters. The minimum absolute atomic E-state index is 0.0173. The van der Waals surface area contributed by atoms with E-state index >= 15 is 0 Å². The molecule has 0 bridgehead atoms. The Morgan fingerprint density at radius 1 is 0.812 bits per heavy atom. The number of carbonyl (C=O) groups is 5. The number of aliphatic hydroxyl groups excluding tert-OH is 1. The fraction of sp³-hybridized carbons (Fsp3) is 0.452. The Balaban J connectivity index is 0.737. The number of nitrogens with zero attached hydrogens (tertiary/aromatic N) is 6. The highest BCUT2D eigenvalue weighted by Crippen LogP contribution is 2.44. The van der Waals surface area contributed by atoms with Gasteiger partial charge in [0.2, 0.25) is 23.6 Å². The maximum absolute atomic E-state index is 14.6. The number of allylic oxidation sites excluding steroid dienone is 1. The van der Waals surface area contributed by atoms with E-state index in [2.05, 4.69) is 56.7 Å². The third-order valence-corrected chi connectivity index (χ3v) is 24.4. The van der Waals surface area contributed by atoms with Gasteiger partial charge in [0, 0.05) is 111 Å². The summed E-state index contributed by atoms with van der Waals surface area (Å²) < 4.78 is 100. The van der Waals surface area contributed by atoms with Crippen molar-refractivity contribution in [3.8, 4) is 10.4 Å². The SMILES string of the molecule is Cc1ncsc1-c1ccc([C@H](C)NC(=O)[C@@H]2C[C@@H](O)CN2C(=O)[C@@H](NC(=O)CC(=O)N2CCN(CC[C@H](CSc3ccccc3)Nc3ccc(S(=O)(=O)NC(=O)c4ccc(N5CCN(CC6=C(c7ccc(Cl)cc7)CCC(C)(C)C6)CC5)cc4)cc3S(=O)(=O)C(F)(F)F)CC2)C(C)(C)C)cc1. The second-order valence-corrected chi connectivity index (χ2v) is 34.3. The van der Waals surface area contributed by atoms with Crippen molar-refractivity contribution in [2.45, 2.75) is 137 Å². The van der Waals surface area contributed by atoms with Crippen molar-refractivity contribution in [2.75, 3.05) is 88.0 Å². The third kappa shape index (κ3) is 19.3. The van der Waals surface area contributed by atoms with E-state index < -0.39 is 112 Å². The number of piperazine rings is 2. The van der Waals surface area contributed by atoms with Gasteiger partial charge in [-0.1, -0.05) is 106 Å². The number of hydrogen-bond acceptors (Lipinski definition) is 17. The fourth-order valence-electron chi connectivity index (χ4n) is 13.4. The summed E-state index contributed by atoms with van der Waals surface area (Å²) in [6, 6.07) is 30.0. The zero-order valence-electron chi connectivity index (χ0n) is 57.7. The quantitative estimate of drug-likeness (QED) is 0.0279. The van der Waals surface area contributed by atoms with Crippen LogP contribution in [0.15, 0.2) is 147 Å². The van der Waals surface area contributed by atoms with Gasteiger partial charge in [0.25, 0.3) is 25.8 Å². The molecule has 20 nitrogen and oxygen atoms in total. The van der Waals surface area contributed by atoms with E-state index in [1.807, 2.05) is 90.2 Å². The summed E-state index contributed by atoms with van der Waals surface area (Å²) in [6.45, 7) is 18.6. The molecule has 3 saturated heterocycles. The van der Waals surface area contributed by atoms with Crippen LogP contribution >= 0.6 is 34.7 Å². The summed E-state index contributed by atoms with van der Waals surface area (Å²) in [4.78, 5) is 82.7. The summed E-state index contributed by atoms with van der Waals surface area (Å²) in [7, 11) is -11.2.